The van der Waals surface area contributed by atoms with E-state index in [1.165, 1.54) is 19.2 Å². The fraction of sp³-hybridized carbons (Fsp3) is 0.538. The van der Waals surface area contributed by atoms with Crippen LogP contribution in [-0.4, -0.2) is 63.7 Å². The van der Waals surface area contributed by atoms with Gasteiger partial charge in [-0.05, 0) is 17.7 Å². The van der Waals surface area contributed by atoms with Gasteiger partial charge < -0.3 is 35.0 Å². The second-order valence-electron chi connectivity index (χ2n) is 4.68. The van der Waals surface area contributed by atoms with Gasteiger partial charge in [0, 0.05) is 0 Å². The highest BCUT2D eigenvalue weighted by Gasteiger charge is 2.44. The summed E-state index contributed by atoms with van der Waals surface area (Å²) in [6, 6.07) is 4.39. The molecule has 112 valence electrons. The lowest BCUT2D eigenvalue weighted by atomic mass is 9.91. The van der Waals surface area contributed by atoms with Crippen LogP contribution in [0.2, 0.25) is 0 Å². The summed E-state index contributed by atoms with van der Waals surface area (Å²) in [6.07, 6.45) is -6.18. The molecule has 0 aromatic heterocycles. The standard InChI is InChI=1S/C13H18O7/c1-19-8-3-2-6(4-7(8)15)13-12(18)11(17)10(16)9(5-14)20-13/h2-4,9-18H,5H2,1H3. The molecule has 1 saturated heterocycles. The summed E-state index contributed by atoms with van der Waals surface area (Å²) < 4.78 is 10.3. The van der Waals surface area contributed by atoms with Gasteiger partial charge in [-0.1, -0.05) is 6.07 Å². The Morgan fingerprint density at radius 3 is 2.40 bits per heavy atom. The molecule has 0 amide bonds. The molecule has 0 bridgehead atoms. The van der Waals surface area contributed by atoms with Crippen LogP contribution in [0.25, 0.3) is 0 Å². The Kier molecular flexibility index (Phi) is 4.46. The van der Waals surface area contributed by atoms with Gasteiger partial charge in [0.2, 0.25) is 0 Å². The van der Waals surface area contributed by atoms with Crippen LogP contribution >= 0.6 is 0 Å². The molecule has 5 unspecified atom stereocenters. The van der Waals surface area contributed by atoms with Gasteiger partial charge in [-0.3, -0.25) is 0 Å². The van der Waals surface area contributed by atoms with Gasteiger partial charge in [0.25, 0.3) is 0 Å². The molecule has 5 atom stereocenters. The molecule has 0 aliphatic carbocycles. The van der Waals surface area contributed by atoms with Gasteiger partial charge in [0.15, 0.2) is 11.5 Å². The Morgan fingerprint density at radius 1 is 1.15 bits per heavy atom. The Balaban J connectivity index is 2.28. The van der Waals surface area contributed by atoms with E-state index in [0.717, 1.165) is 0 Å². The smallest absolute Gasteiger partial charge is 0.160 e. The zero-order chi connectivity index (χ0) is 14.9. The molecular weight excluding hydrogens is 268 g/mol. The maximum absolute atomic E-state index is 9.96. The quantitative estimate of drug-likeness (QED) is 0.479. The number of aliphatic hydroxyl groups is 4. The second-order valence-corrected chi connectivity index (χ2v) is 4.68. The van der Waals surface area contributed by atoms with Crippen molar-refractivity contribution in [2.24, 2.45) is 0 Å². The minimum Gasteiger partial charge on any atom is -0.504 e. The van der Waals surface area contributed by atoms with Gasteiger partial charge >= 0.3 is 0 Å². The summed E-state index contributed by atoms with van der Waals surface area (Å²) in [4.78, 5) is 0. The maximum atomic E-state index is 9.96. The molecule has 7 heteroatoms. The van der Waals surface area contributed by atoms with Crippen LogP contribution in [0, 0.1) is 0 Å². The Labute approximate surface area is 115 Å². The van der Waals surface area contributed by atoms with Crippen molar-refractivity contribution in [3.05, 3.63) is 23.8 Å². The number of ether oxygens (including phenoxy) is 2. The van der Waals surface area contributed by atoms with Gasteiger partial charge in [-0.25, -0.2) is 0 Å². The van der Waals surface area contributed by atoms with Gasteiger partial charge in [-0.15, -0.1) is 0 Å². The highest BCUT2D eigenvalue weighted by Crippen LogP contribution is 2.36. The first-order valence-corrected chi connectivity index (χ1v) is 6.17. The number of hydrogen-bond acceptors (Lipinski definition) is 7. The predicted octanol–water partition coefficient (Wildman–Crippen LogP) is -1.08. The van der Waals surface area contributed by atoms with Crippen molar-refractivity contribution in [3.63, 3.8) is 0 Å². The van der Waals surface area contributed by atoms with E-state index in [1.807, 2.05) is 0 Å². The Hall–Kier alpha value is -1.38. The van der Waals surface area contributed by atoms with Crippen molar-refractivity contribution in [2.75, 3.05) is 13.7 Å². The van der Waals surface area contributed by atoms with Gasteiger partial charge in [-0.2, -0.15) is 0 Å². The van der Waals surface area contributed by atoms with E-state index in [0.29, 0.717) is 5.56 Å². The highest BCUT2D eigenvalue weighted by molar-refractivity contribution is 5.42. The minimum absolute atomic E-state index is 0.137. The molecule has 0 radical (unpaired) electrons. The minimum atomic E-state index is -1.45. The van der Waals surface area contributed by atoms with E-state index in [-0.39, 0.29) is 11.5 Å². The highest BCUT2D eigenvalue weighted by atomic mass is 16.5. The third-order valence-corrected chi connectivity index (χ3v) is 3.42. The van der Waals surface area contributed by atoms with Crippen molar-refractivity contribution in [2.45, 2.75) is 30.5 Å². The number of methoxy groups -OCH3 is 1. The second kappa shape index (κ2) is 5.94. The summed E-state index contributed by atoms with van der Waals surface area (Å²) in [5.41, 5.74) is 0.403. The number of aliphatic hydroxyl groups excluding tert-OH is 4. The molecule has 1 aliphatic heterocycles. The zero-order valence-corrected chi connectivity index (χ0v) is 10.9. The summed E-state index contributed by atoms with van der Waals surface area (Å²) in [5, 5.41) is 48.2. The summed E-state index contributed by atoms with van der Waals surface area (Å²) in [7, 11) is 1.41. The molecule has 1 aromatic carbocycles. The lowest BCUT2D eigenvalue weighted by molar-refractivity contribution is -0.231. The molecule has 0 saturated carbocycles. The molecule has 0 spiro atoms. The van der Waals surface area contributed by atoms with Crippen LogP contribution in [0.3, 0.4) is 0 Å². The SMILES string of the molecule is COc1ccc(C2OC(CO)C(O)C(O)C2O)cc1O. The predicted molar refractivity (Wildman–Crippen MR) is 67.4 cm³/mol. The molecule has 20 heavy (non-hydrogen) atoms. The average Bonchev–Trinajstić information content (AvgIpc) is 2.45. The lowest BCUT2D eigenvalue weighted by Gasteiger charge is -2.40. The molecule has 1 heterocycles. The first-order chi connectivity index (χ1) is 9.49. The Morgan fingerprint density at radius 2 is 1.85 bits per heavy atom. The number of phenols is 1. The zero-order valence-electron chi connectivity index (χ0n) is 10.9. The fourth-order valence-electron chi connectivity index (χ4n) is 2.26. The first-order valence-electron chi connectivity index (χ1n) is 6.17. The van der Waals surface area contributed by atoms with Gasteiger partial charge in [0.05, 0.1) is 13.7 Å². The van der Waals surface area contributed by atoms with E-state index < -0.39 is 37.1 Å². The van der Waals surface area contributed by atoms with E-state index in [1.54, 1.807) is 6.07 Å². The summed E-state index contributed by atoms with van der Waals surface area (Å²) in [6.45, 7) is -0.496. The van der Waals surface area contributed by atoms with Gasteiger partial charge in [0.1, 0.15) is 30.5 Å². The topological polar surface area (TPSA) is 120 Å². The fourth-order valence-corrected chi connectivity index (χ4v) is 2.26. The Bertz CT molecular complexity index is 462. The van der Waals surface area contributed by atoms with Crippen LogP contribution in [0.5, 0.6) is 11.5 Å². The van der Waals surface area contributed by atoms with E-state index >= 15 is 0 Å². The number of phenolic OH excluding ortho intramolecular Hbond substituents is 1. The number of hydrogen-bond donors (Lipinski definition) is 5. The average molecular weight is 286 g/mol. The van der Waals surface area contributed by atoms with Crippen molar-refractivity contribution in [1.29, 1.82) is 0 Å². The third kappa shape index (κ3) is 2.58. The van der Waals surface area contributed by atoms with Crippen molar-refractivity contribution in [3.8, 4) is 11.5 Å². The molecule has 1 fully saturated rings. The number of benzene rings is 1. The van der Waals surface area contributed by atoms with Crippen molar-refractivity contribution in [1.82, 2.24) is 0 Å². The van der Waals surface area contributed by atoms with Crippen LogP contribution in [0.4, 0.5) is 0 Å². The van der Waals surface area contributed by atoms with E-state index in [9.17, 15) is 20.4 Å². The maximum Gasteiger partial charge on any atom is 0.160 e. The van der Waals surface area contributed by atoms with Crippen molar-refractivity contribution >= 4 is 0 Å². The lowest BCUT2D eigenvalue weighted by Crippen LogP contribution is -2.55. The van der Waals surface area contributed by atoms with Crippen molar-refractivity contribution < 1.29 is 35.0 Å². The molecule has 1 aromatic rings. The molecule has 5 N–H and O–H groups in total. The molecular formula is C13H18O7. The van der Waals surface area contributed by atoms with E-state index in [2.05, 4.69) is 0 Å². The van der Waals surface area contributed by atoms with E-state index in [4.69, 9.17) is 14.6 Å². The molecule has 1 aliphatic rings. The number of rotatable bonds is 3. The molecule has 2 rings (SSSR count). The summed E-state index contributed by atoms with van der Waals surface area (Å²) in [5.74, 6) is 0.125. The molecule has 7 nitrogen and oxygen atoms in total. The van der Waals surface area contributed by atoms with Crippen LogP contribution < -0.4 is 4.74 Å². The van der Waals surface area contributed by atoms with Crippen LogP contribution in [-0.2, 0) is 4.74 Å². The third-order valence-electron chi connectivity index (χ3n) is 3.42. The normalized spacial score (nSPS) is 34.0. The first kappa shape index (κ1) is 15.0. The largest absolute Gasteiger partial charge is 0.504 e. The van der Waals surface area contributed by atoms with Crippen LogP contribution in [0.15, 0.2) is 18.2 Å². The summed E-state index contributed by atoms with van der Waals surface area (Å²) >= 11 is 0. The monoisotopic (exact) mass is 286 g/mol. The number of aromatic hydroxyl groups is 1. The van der Waals surface area contributed by atoms with Crippen LogP contribution in [0.1, 0.15) is 11.7 Å².